The van der Waals surface area contributed by atoms with Crippen LogP contribution < -0.4 is 0 Å². The normalized spacial score (nSPS) is 19.9. The lowest BCUT2D eigenvalue weighted by Gasteiger charge is -2.27. The number of amidine groups is 1. The van der Waals surface area contributed by atoms with Crippen LogP contribution in [0.25, 0.3) is 64.0 Å². The van der Waals surface area contributed by atoms with Crippen LogP contribution in [0.5, 0.6) is 0 Å². The first kappa shape index (κ1) is 35.3. The van der Waals surface area contributed by atoms with E-state index < -0.39 is 0 Å². The van der Waals surface area contributed by atoms with Crippen molar-refractivity contribution in [1.82, 2.24) is 0 Å². The Morgan fingerprint density at radius 2 is 1.30 bits per heavy atom. The van der Waals surface area contributed by atoms with E-state index in [1.165, 1.54) is 80.7 Å². The number of para-hydroxylation sites is 1. The van der Waals surface area contributed by atoms with Crippen LogP contribution in [0, 0.1) is 5.92 Å². The molecule has 0 spiro atoms. The van der Waals surface area contributed by atoms with Gasteiger partial charge in [-0.15, -0.1) is 11.3 Å². The summed E-state index contributed by atoms with van der Waals surface area (Å²) < 4.78 is 9.42. The van der Waals surface area contributed by atoms with E-state index in [1.807, 2.05) is 11.3 Å². The third kappa shape index (κ3) is 5.84. The molecule has 2 aliphatic rings. The summed E-state index contributed by atoms with van der Waals surface area (Å²) in [6, 6.07) is 62.0. The summed E-state index contributed by atoms with van der Waals surface area (Å²) in [6.07, 6.45) is 3.80. The number of hydrogen-bond acceptors (Lipinski definition) is 4. The number of nitrogens with zero attached hydrogens (tertiary/aromatic N) is 2. The maximum Gasteiger partial charge on any atom is 0.155 e. The lowest BCUT2D eigenvalue weighted by molar-refractivity contribution is 0.446. The summed E-state index contributed by atoms with van der Waals surface area (Å²) in [5.41, 5.74) is 13.2. The highest BCUT2D eigenvalue weighted by molar-refractivity contribution is 7.26. The van der Waals surface area contributed by atoms with Gasteiger partial charge in [-0.1, -0.05) is 153 Å². The van der Waals surface area contributed by atoms with E-state index in [-0.39, 0.29) is 17.9 Å². The van der Waals surface area contributed by atoms with E-state index in [2.05, 4.69) is 177 Å². The molecule has 10 aromatic rings. The summed E-state index contributed by atoms with van der Waals surface area (Å²) >= 11 is 1.87. The standard InChI is InChI=1S/C56H42N2OS/c1-34-26-29-49(45-23-13-22-44-43-20-10-12-25-52(43)60-55(44)45)57-56(35-14-3-2-4-15-35)58-54(34)39-32-48(53-46-21-9-11-24-50(46)59-51(53)33-39)42-28-27-38-30-36-16-5-6-17-37(36)31-47(38)41-19-8-7-18-40(41)42/h2-25,30-34,42,54H,26-29H2,1H3/b57-49+,58-56-. The van der Waals surface area contributed by atoms with Crippen molar-refractivity contribution in [1.29, 1.82) is 0 Å². The minimum absolute atomic E-state index is 0.120. The predicted molar refractivity (Wildman–Crippen MR) is 253 cm³/mol. The van der Waals surface area contributed by atoms with Gasteiger partial charge >= 0.3 is 0 Å². The molecule has 0 saturated carbocycles. The van der Waals surface area contributed by atoms with Crippen molar-refractivity contribution in [3.05, 3.63) is 203 Å². The van der Waals surface area contributed by atoms with Crippen molar-refractivity contribution < 1.29 is 4.42 Å². The first-order chi connectivity index (χ1) is 29.6. The molecule has 3 unspecified atom stereocenters. The van der Waals surface area contributed by atoms with Gasteiger partial charge in [0, 0.05) is 48.0 Å². The van der Waals surface area contributed by atoms with Gasteiger partial charge < -0.3 is 4.42 Å². The van der Waals surface area contributed by atoms with Gasteiger partial charge in [-0.25, -0.2) is 4.99 Å². The van der Waals surface area contributed by atoms with Crippen molar-refractivity contribution in [3.63, 3.8) is 0 Å². The Morgan fingerprint density at radius 3 is 2.20 bits per heavy atom. The third-order valence-corrected chi connectivity index (χ3v) is 14.4. The Balaban J connectivity index is 1.05. The van der Waals surface area contributed by atoms with E-state index in [1.54, 1.807) is 0 Å². The quantitative estimate of drug-likeness (QED) is 0.175. The number of aryl methyl sites for hydroxylation is 1. The van der Waals surface area contributed by atoms with Crippen LogP contribution in [0.2, 0.25) is 0 Å². The zero-order chi connectivity index (χ0) is 39.7. The fourth-order valence-electron chi connectivity index (χ4n) is 10.2. The van der Waals surface area contributed by atoms with Gasteiger partial charge in [0.25, 0.3) is 0 Å². The Hall–Kier alpha value is -6.62. The zero-order valence-electron chi connectivity index (χ0n) is 33.4. The summed E-state index contributed by atoms with van der Waals surface area (Å²) in [5, 5.41) is 7.57. The van der Waals surface area contributed by atoms with Crippen LogP contribution >= 0.6 is 11.3 Å². The van der Waals surface area contributed by atoms with Crippen LogP contribution in [0.3, 0.4) is 0 Å². The van der Waals surface area contributed by atoms with Gasteiger partial charge in [0.2, 0.25) is 0 Å². The van der Waals surface area contributed by atoms with Gasteiger partial charge in [-0.3, -0.25) is 4.99 Å². The minimum atomic E-state index is -0.120. The largest absolute Gasteiger partial charge is 0.456 e. The molecule has 0 saturated heterocycles. The molecule has 3 nitrogen and oxygen atoms in total. The molecule has 3 heterocycles. The molecule has 12 rings (SSSR count). The number of benzene rings is 8. The number of thiophene rings is 1. The monoisotopic (exact) mass is 790 g/mol. The van der Waals surface area contributed by atoms with Crippen molar-refractivity contribution in [3.8, 4) is 11.1 Å². The number of hydrogen-bond donors (Lipinski definition) is 0. The first-order valence-electron chi connectivity index (χ1n) is 21.3. The van der Waals surface area contributed by atoms with E-state index >= 15 is 0 Å². The van der Waals surface area contributed by atoms with Crippen LogP contribution in [-0.4, -0.2) is 11.5 Å². The van der Waals surface area contributed by atoms with E-state index in [4.69, 9.17) is 14.4 Å². The molecular weight excluding hydrogens is 749 g/mol. The molecule has 0 bridgehead atoms. The summed E-state index contributed by atoms with van der Waals surface area (Å²) in [7, 11) is 0. The number of rotatable bonds is 4. The average molecular weight is 791 g/mol. The molecule has 4 heteroatoms. The van der Waals surface area contributed by atoms with Gasteiger partial charge in [0.05, 0.1) is 11.8 Å². The second-order valence-corrected chi connectivity index (χ2v) is 17.8. The Morgan fingerprint density at radius 1 is 0.567 bits per heavy atom. The highest BCUT2D eigenvalue weighted by Gasteiger charge is 2.31. The van der Waals surface area contributed by atoms with Gasteiger partial charge in [-0.2, -0.15) is 0 Å². The van der Waals surface area contributed by atoms with Crippen molar-refractivity contribution in [2.75, 3.05) is 0 Å². The third-order valence-electron chi connectivity index (χ3n) is 13.2. The lowest BCUT2D eigenvalue weighted by Crippen LogP contribution is -2.18. The summed E-state index contributed by atoms with van der Waals surface area (Å²) in [5.74, 6) is 1.19. The van der Waals surface area contributed by atoms with Crippen LogP contribution in [0.15, 0.2) is 184 Å². The van der Waals surface area contributed by atoms with Gasteiger partial charge in [-0.05, 0) is 100 Å². The highest BCUT2D eigenvalue weighted by atomic mass is 32.1. The second kappa shape index (κ2) is 14.3. The number of aliphatic imine (C=N–C) groups is 2. The molecule has 60 heavy (non-hydrogen) atoms. The fourth-order valence-corrected chi connectivity index (χ4v) is 11.5. The Labute approximate surface area is 353 Å². The molecular formula is C56H42N2OS. The molecule has 1 aliphatic heterocycles. The van der Waals surface area contributed by atoms with Crippen LogP contribution in [0.4, 0.5) is 0 Å². The molecule has 1 aliphatic carbocycles. The second-order valence-electron chi connectivity index (χ2n) is 16.7. The molecule has 2 aromatic heterocycles. The van der Waals surface area contributed by atoms with Crippen LogP contribution in [0.1, 0.15) is 71.5 Å². The van der Waals surface area contributed by atoms with Crippen molar-refractivity contribution in [2.24, 2.45) is 15.9 Å². The van der Waals surface area contributed by atoms with E-state index in [0.29, 0.717) is 0 Å². The SMILES string of the molecule is CC1CC/C(c2cccc3c2sc2ccccc23)=N\C(c2ccccc2)=N/C1c1cc(C2CCc3cc4ccccc4cc3-c3ccccc32)c2c(c1)oc1ccccc12. The lowest BCUT2D eigenvalue weighted by atomic mass is 9.81. The smallest absolute Gasteiger partial charge is 0.155 e. The van der Waals surface area contributed by atoms with Crippen LogP contribution in [-0.2, 0) is 6.42 Å². The summed E-state index contributed by atoms with van der Waals surface area (Å²) in [6.45, 7) is 2.38. The predicted octanol–water partition coefficient (Wildman–Crippen LogP) is 15.3. The van der Waals surface area contributed by atoms with Gasteiger partial charge in [0.15, 0.2) is 5.84 Å². The molecule has 8 aromatic carbocycles. The number of fused-ring (bicyclic) bond motifs is 10. The molecule has 0 fully saturated rings. The maximum absolute atomic E-state index is 6.82. The minimum Gasteiger partial charge on any atom is -0.456 e. The molecule has 288 valence electrons. The Kier molecular flexibility index (Phi) is 8.41. The summed E-state index contributed by atoms with van der Waals surface area (Å²) in [4.78, 5) is 11.3. The highest BCUT2D eigenvalue weighted by Crippen LogP contribution is 2.48. The van der Waals surface area contributed by atoms with Crippen molar-refractivity contribution in [2.45, 2.75) is 44.6 Å². The first-order valence-corrected chi connectivity index (χ1v) is 22.1. The Bertz CT molecular complexity index is 3370. The molecule has 3 atom stereocenters. The fraction of sp³-hybridized carbons (Fsp3) is 0.143. The topological polar surface area (TPSA) is 37.9 Å². The van der Waals surface area contributed by atoms with E-state index in [9.17, 15) is 0 Å². The zero-order valence-corrected chi connectivity index (χ0v) is 34.3. The molecule has 0 amide bonds. The van der Waals surface area contributed by atoms with Gasteiger partial charge in [0.1, 0.15) is 11.2 Å². The molecule has 0 radical (unpaired) electrons. The maximum atomic E-state index is 6.82. The van der Waals surface area contributed by atoms with E-state index in [0.717, 1.165) is 54.0 Å². The average Bonchev–Trinajstić information content (AvgIpc) is 3.82. The number of furan rings is 1. The van der Waals surface area contributed by atoms with Crippen molar-refractivity contribution >= 4 is 75.8 Å². The molecule has 0 N–H and O–H groups in total.